The van der Waals surface area contributed by atoms with Crippen LogP contribution in [0.4, 0.5) is 0 Å². The molecule has 0 radical (unpaired) electrons. The fourth-order valence-corrected chi connectivity index (χ4v) is 10.0. The van der Waals surface area contributed by atoms with Crippen molar-refractivity contribution in [2.45, 2.75) is 60.8 Å². The van der Waals surface area contributed by atoms with Crippen LogP contribution in [0.15, 0.2) is 169 Å². The number of methoxy groups -OCH3 is 1. The number of carbonyl (C=O) groups is 2. The van der Waals surface area contributed by atoms with Gasteiger partial charge in [0.1, 0.15) is 17.2 Å². The van der Waals surface area contributed by atoms with Crippen LogP contribution in [0, 0.1) is 0 Å². The zero-order chi connectivity index (χ0) is 41.4. The molecule has 0 aliphatic carbocycles. The van der Waals surface area contributed by atoms with Crippen molar-refractivity contribution in [1.82, 2.24) is 15.2 Å². The predicted octanol–water partition coefficient (Wildman–Crippen LogP) is 8.82. The van der Waals surface area contributed by atoms with Crippen molar-refractivity contribution in [3.63, 3.8) is 0 Å². The van der Waals surface area contributed by atoms with Crippen LogP contribution >= 0.6 is 11.8 Å². The molecule has 1 aliphatic rings. The van der Waals surface area contributed by atoms with Gasteiger partial charge in [-0.15, -0.1) is 11.8 Å². The van der Waals surface area contributed by atoms with E-state index in [4.69, 9.17) is 9.47 Å². The molecular formula is C50H51N3O5S. The quantitative estimate of drug-likeness (QED) is 0.0839. The van der Waals surface area contributed by atoms with E-state index in [0.717, 1.165) is 27.8 Å². The number of esters is 1. The molecule has 8 nitrogen and oxygen atoms in total. The lowest BCUT2D eigenvalue weighted by Crippen LogP contribution is -2.60. The predicted molar refractivity (Wildman–Crippen MR) is 236 cm³/mol. The number of nitrogens with one attached hydrogen (secondary N) is 2. The van der Waals surface area contributed by atoms with E-state index < -0.39 is 39.9 Å². The van der Waals surface area contributed by atoms with Crippen LogP contribution in [0.5, 0.6) is 5.88 Å². The molecule has 0 saturated carbocycles. The molecule has 2 N–H and O–H groups in total. The number of benzene rings is 5. The molecule has 302 valence electrons. The van der Waals surface area contributed by atoms with E-state index in [1.54, 1.807) is 22.7 Å². The topological polar surface area (TPSA) is 101 Å². The number of H-pyrrole nitrogens is 1. The monoisotopic (exact) mass is 805 g/mol. The SMILES string of the molecule is COc1ccc(C(=O)N(CC(c2ccccc2)c2ccccc2)C(C(=O)OC(C)(C)C)[C@H]2NCC[C@H]2SC(c2ccccc2)(c2ccccc2)c2ccccc2)c(=O)[nH]1. The second kappa shape index (κ2) is 18.4. The molecule has 1 fully saturated rings. The van der Waals surface area contributed by atoms with Gasteiger partial charge < -0.3 is 19.7 Å². The Kier molecular flexibility index (Phi) is 12.8. The number of aromatic amines is 1. The zero-order valence-corrected chi connectivity index (χ0v) is 34.7. The number of hydrogen-bond donors (Lipinski definition) is 2. The molecule has 5 aromatic carbocycles. The van der Waals surface area contributed by atoms with Crippen LogP contribution in [0.3, 0.4) is 0 Å². The van der Waals surface area contributed by atoms with E-state index in [1.165, 1.54) is 13.2 Å². The van der Waals surface area contributed by atoms with E-state index >= 15 is 9.59 Å². The summed E-state index contributed by atoms with van der Waals surface area (Å²) >= 11 is 1.78. The normalized spacial score (nSPS) is 16.0. The van der Waals surface area contributed by atoms with Gasteiger partial charge in [0.25, 0.3) is 11.5 Å². The summed E-state index contributed by atoms with van der Waals surface area (Å²) in [7, 11) is 1.45. The molecular weight excluding hydrogens is 755 g/mol. The third-order valence-corrected chi connectivity index (χ3v) is 12.7. The molecule has 1 aliphatic heterocycles. The molecule has 6 aromatic rings. The average Bonchev–Trinajstić information content (AvgIpc) is 3.71. The van der Waals surface area contributed by atoms with Crippen molar-refractivity contribution in [1.29, 1.82) is 0 Å². The Morgan fingerprint density at radius 1 is 0.712 bits per heavy atom. The first-order valence-corrected chi connectivity index (χ1v) is 21.0. The first-order chi connectivity index (χ1) is 28.6. The van der Waals surface area contributed by atoms with Crippen LogP contribution in [0.25, 0.3) is 0 Å². The third-order valence-electron chi connectivity index (χ3n) is 10.8. The first kappa shape index (κ1) is 41.3. The highest BCUT2D eigenvalue weighted by Crippen LogP contribution is 2.52. The number of pyridine rings is 1. The molecule has 1 unspecified atom stereocenters. The lowest BCUT2D eigenvalue weighted by molar-refractivity contribution is -0.161. The Morgan fingerprint density at radius 2 is 1.19 bits per heavy atom. The van der Waals surface area contributed by atoms with Gasteiger partial charge in [-0.05, 0) is 73.7 Å². The Balaban J connectivity index is 1.42. The summed E-state index contributed by atoms with van der Waals surface area (Å²) in [6, 6.07) is 52.6. The van der Waals surface area contributed by atoms with Crippen molar-refractivity contribution < 1.29 is 19.1 Å². The average molecular weight is 806 g/mol. The van der Waals surface area contributed by atoms with Gasteiger partial charge in [-0.2, -0.15) is 0 Å². The maximum atomic E-state index is 15.3. The molecule has 59 heavy (non-hydrogen) atoms. The molecule has 3 atom stereocenters. The van der Waals surface area contributed by atoms with Crippen LogP contribution < -0.4 is 15.6 Å². The van der Waals surface area contributed by atoms with Crippen LogP contribution in [0.2, 0.25) is 0 Å². The Bertz CT molecular complexity index is 2220. The third kappa shape index (κ3) is 9.22. The summed E-state index contributed by atoms with van der Waals surface area (Å²) in [5, 5.41) is 3.48. The fraction of sp³-hybridized carbons (Fsp3) is 0.260. The second-order valence-electron chi connectivity index (χ2n) is 15.8. The van der Waals surface area contributed by atoms with Crippen molar-refractivity contribution in [3.05, 3.63) is 208 Å². The number of rotatable bonds is 14. The maximum absolute atomic E-state index is 15.3. The van der Waals surface area contributed by atoms with Gasteiger partial charge in [0.2, 0.25) is 0 Å². The standard InChI is InChI=1S/C50H51N3O5S/c1-49(2,3)58-48(56)45(44-42(32-33-51-44)59-50(37-24-14-7-15-25-37,38-26-16-8-17-27-38)39-28-18-9-19-29-39)53(47(55)40-30-31-43(57-4)52-46(40)54)34-41(35-20-10-5-11-21-35)36-22-12-6-13-23-36/h5-31,41-42,44-45,51H,32-34H2,1-4H3,(H,52,54)/t42-,44+,45?/m1/s1. The number of amides is 1. The Labute approximate surface area is 351 Å². The number of aromatic nitrogens is 1. The number of ether oxygens (including phenoxy) is 2. The van der Waals surface area contributed by atoms with Crippen molar-refractivity contribution in [2.24, 2.45) is 0 Å². The van der Waals surface area contributed by atoms with Gasteiger partial charge in [-0.3, -0.25) is 14.6 Å². The number of thioether (sulfide) groups is 1. The highest BCUT2D eigenvalue weighted by molar-refractivity contribution is 8.01. The van der Waals surface area contributed by atoms with Crippen LogP contribution in [-0.2, 0) is 14.3 Å². The minimum absolute atomic E-state index is 0.0823. The lowest BCUT2D eigenvalue weighted by atomic mass is 9.84. The fourth-order valence-electron chi connectivity index (χ4n) is 8.12. The molecule has 1 amide bonds. The number of carbonyl (C=O) groups excluding carboxylic acids is 2. The molecule has 7 rings (SSSR count). The van der Waals surface area contributed by atoms with E-state index in [9.17, 15) is 4.79 Å². The van der Waals surface area contributed by atoms with Gasteiger partial charge in [0, 0.05) is 17.7 Å². The largest absolute Gasteiger partial charge is 0.482 e. The van der Waals surface area contributed by atoms with Gasteiger partial charge >= 0.3 is 5.97 Å². The van der Waals surface area contributed by atoms with E-state index in [1.807, 2.05) is 99.6 Å². The molecule has 9 heteroatoms. The van der Waals surface area contributed by atoms with E-state index in [-0.39, 0.29) is 29.2 Å². The zero-order valence-electron chi connectivity index (χ0n) is 33.9. The summed E-state index contributed by atoms with van der Waals surface area (Å²) in [6.45, 7) is 6.18. The van der Waals surface area contributed by atoms with Gasteiger partial charge in [0.15, 0.2) is 5.88 Å². The lowest BCUT2D eigenvalue weighted by Gasteiger charge is -2.42. The summed E-state index contributed by atoms with van der Waals surface area (Å²) in [6.07, 6.45) is 0.703. The minimum Gasteiger partial charge on any atom is -0.482 e. The molecule has 1 saturated heterocycles. The van der Waals surface area contributed by atoms with Crippen molar-refractivity contribution in [3.8, 4) is 5.88 Å². The molecule has 0 spiro atoms. The highest BCUT2D eigenvalue weighted by Gasteiger charge is 2.50. The first-order valence-electron chi connectivity index (χ1n) is 20.1. The van der Waals surface area contributed by atoms with Gasteiger partial charge in [0.05, 0.1) is 17.9 Å². The molecule has 1 aromatic heterocycles. The number of nitrogens with zero attached hydrogens (tertiary/aromatic N) is 1. The van der Waals surface area contributed by atoms with Crippen LogP contribution in [0.1, 0.15) is 71.3 Å². The Hall–Kier alpha value is -5.90. The van der Waals surface area contributed by atoms with Gasteiger partial charge in [-0.1, -0.05) is 152 Å². The van der Waals surface area contributed by atoms with Crippen molar-refractivity contribution in [2.75, 3.05) is 20.2 Å². The molecule has 2 heterocycles. The van der Waals surface area contributed by atoms with E-state index in [2.05, 4.69) is 83.1 Å². The smallest absolute Gasteiger partial charge is 0.331 e. The summed E-state index contributed by atoms with van der Waals surface area (Å²) < 4.78 is 10.9. The highest BCUT2D eigenvalue weighted by atomic mass is 32.2. The van der Waals surface area contributed by atoms with Crippen molar-refractivity contribution >= 4 is 23.6 Å². The Morgan fingerprint density at radius 3 is 1.63 bits per heavy atom. The summed E-state index contributed by atoms with van der Waals surface area (Å²) in [4.78, 5) is 48.4. The van der Waals surface area contributed by atoms with E-state index in [0.29, 0.717) is 13.0 Å². The van der Waals surface area contributed by atoms with Crippen LogP contribution in [-0.4, -0.2) is 64.9 Å². The van der Waals surface area contributed by atoms with Gasteiger partial charge in [-0.25, -0.2) is 4.79 Å². The number of hydrogen-bond acceptors (Lipinski definition) is 7. The minimum atomic E-state index is -1.14. The maximum Gasteiger partial charge on any atom is 0.331 e. The summed E-state index contributed by atoms with van der Waals surface area (Å²) in [5.41, 5.74) is 3.61. The molecule has 0 bridgehead atoms. The second-order valence-corrected chi connectivity index (χ2v) is 17.2. The summed E-state index contributed by atoms with van der Waals surface area (Å²) in [5.74, 6) is -1.26.